The average molecular weight is 499 g/mol. The number of aryl methyl sites for hydroxylation is 1. The lowest BCUT2D eigenvalue weighted by atomic mass is 10.0. The molecule has 0 heterocycles. The maximum atomic E-state index is 13.5. The van der Waals surface area contributed by atoms with Crippen LogP contribution in [0.2, 0.25) is 10.0 Å². The van der Waals surface area contributed by atoms with Crippen molar-refractivity contribution < 1.29 is 14.3 Å². The van der Waals surface area contributed by atoms with Gasteiger partial charge in [-0.2, -0.15) is 0 Å². The van der Waals surface area contributed by atoms with E-state index in [0.717, 1.165) is 16.7 Å². The number of nitrogens with one attached hydrogen (secondary N) is 1. The first-order chi connectivity index (χ1) is 16.3. The third kappa shape index (κ3) is 6.52. The number of carbonyl (C=O) groups is 2. The zero-order chi connectivity index (χ0) is 24.7. The molecule has 3 aromatic carbocycles. The molecule has 0 saturated heterocycles. The monoisotopic (exact) mass is 498 g/mol. The predicted octanol–water partition coefficient (Wildman–Crippen LogP) is 5.38. The number of likely N-dealkylation sites (N-methyl/N-ethyl adjacent to an activating group) is 1. The van der Waals surface area contributed by atoms with Crippen LogP contribution in [0, 0.1) is 13.8 Å². The molecule has 178 valence electrons. The van der Waals surface area contributed by atoms with Gasteiger partial charge >= 0.3 is 0 Å². The van der Waals surface area contributed by atoms with Crippen molar-refractivity contribution in [3.8, 4) is 5.75 Å². The molecule has 3 aromatic rings. The Morgan fingerprint density at radius 3 is 2.41 bits per heavy atom. The Bertz CT molecular complexity index is 1150. The second-order valence-corrected chi connectivity index (χ2v) is 8.91. The highest BCUT2D eigenvalue weighted by Crippen LogP contribution is 2.25. The summed E-state index contributed by atoms with van der Waals surface area (Å²) in [4.78, 5) is 28.0. The van der Waals surface area contributed by atoms with Crippen molar-refractivity contribution in [1.29, 1.82) is 0 Å². The molecule has 0 aliphatic rings. The van der Waals surface area contributed by atoms with Gasteiger partial charge in [-0.3, -0.25) is 9.59 Å². The molecule has 0 aliphatic carbocycles. The third-order valence-electron chi connectivity index (χ3n) is 5.78. The summed E-state index contributed by atoms with van der Waals surface area (Å²) in [6.07, 6.45) is 0.348. The second kappa shape index (κ2) is 11.9. The lowest BCUT2D eigenvalue weighted by Gasteiger charge is -2.31. The van der Waals surface area contributed by atoms with E-state index < -0.39 is 6.04 Å². The Kier molecular flexibility index (Phi) is 8.97. The molecule has 34 heavy (non-hydrogen) atoms. The number of nitrogens with zero attached hydrogens (tertiary/aromatic N) is 1. The summed E-state index contributed by atoms with van der Waals surface area (Å²) in [5.41, 5.74) is 3.66. The molecule has 5 nitrogen and oxygen atoms in total. The SMILES string of the molecule is CNC(=O)[C@H](Cc1ccccc1)N(Cc1ccc(Cl)cc1Cl)C(=O)COc1cccc(C)c1C. The van der Waals surface area contributed by atoms with Gasteiger partial charge in [0, 0.05) is 30.1 Å². The number of hydrogen-bond acceptors (Lipinski definition) is 3. The summed E-state index contributed by atoms with van der Waals surface area (Å²) in [6, 6.07) is 19.6. The van der Waals surface area contributed by atoms with Crippen LogP contribution < -0.4 is 10.1 Å². The van der Waals surface area contributed by atoms with E-state index in [9.17, 15) is 9.59 Å². The van der Waals surface area contributed by atoms with Crippen molar-refractivity contribution in [2.24, 2.45) is 0 Å². The summed E-state index contributed by atoms with van der Waals surface area (Å²) in [7, 11) is 1.56. The van der Waals surface area contributed by atoms with Crippen LogP contribution in [-0.2, 0) is 22.6 Å². The highest BCUT2D eigenvalue weighted by atomic mass is 35.5. The fraction of sp³-hybridized carbons (Fsp3) is 0.259. The summed E-state index contributed by atoms with van der Waals surface area (Å²) < 4.78 is 5.88. The van der Waals surface area contributed by atoms with E-state index in [0.29, 0.717) is 27.8 Å². The fourth-order valence-electron chi connectivity index (χ4n) is 3.66. The van der Waals surface area contributed by atoms with Gasteiger partial charge < -0.3 is 15.0 Å². The van der Waals surface area contributed by atoms with Gasteiger partial charge in [-0.25, -0.2) is 0 Å². The molecule has 1 atom stereocenters. The molecule has 0 radical (unpaired) electrons. The molecular formula is C27H28Cl2N2O3. The van der Waals surface area contributed by atoms with Crippen molar-refractivity contribution in [3.05, 3.63) is 99.0 Å². The molecule has 0 aliphatic heterocycles. The van der Waals surface area contributed by atoms with Crippen molar-refractivity contribution in [2.75, 3.05) is 13.7 Å². The average Bonchev–Trinajstić information content (AvgIpc) is 2.83. The second-order valence-electron chi connectivity index (χ2n) is 8.06. The van der Waals surface area contributed by atoms with E-state index in [1.807, 2.05) is 62.4 Å². The first-order valence-electron chi connectivity index (χ1n) is 11.0. The Balaban J connectivity index is 1.92. The normalized spacial score (nSPS) is 11.6. The maximum absolute atomic E-state index is 13.5. The maximum Gasteiger partial charge on any atom is 0.261 e. The lowest BCUT2D eigenvalue weighted by Crippen LogP contribution is -2.51. The van der Waals surface area contributed by atoms with Crippen LogP contribution in [0.15, 0.2) is 66.7 Å². The first-order valence-corrected chi connectivity index (χ1v) is 11.7. The van der Waals surface area contributed by atoms with Gasteiger partial charge in [0.2, 0.25) is 5.91 Å². The van der Waals surface area contributed by atoms with Crippen LogP contribution in [0.3, 0.4) is 0 Å². The van der Waals surface area contributed by atoms with Crippen molar-refractivity contribution in [3.63, 3.8) is 0 Å². The Labute approximate surface area is 210 Å². The summed E-state index contributed by atoms with van der Waals surface area (Å²) in [6.45, 7) is 3.86. The van der Waals surface area contributed by atoms with Gasteiger partial charge in [0.1, 0.15) is 11.8 Å². The van der Waals surface area contributed by atoms with Crippen LogP contribution in [0.25, 0.3) is 0 Å². The minimum atomic E-state index is -0.756. The van der Waals surface area contributed by atoms with Crippen LogP contribution in [-0.4, -0.2) is 36.4 Å². The molecular weight excluding hydrogens is 471 g/mol. The van der Waals surface area contributed by atoms with E-state index in [1.54, 1.807) is 25.2 Å². The smallest absolute Gasteiger partial charge is 0.261 e. The van der Waals surface area contributed by atoms with Crippen LogP contribution in [0.1, 0.15) is 22.3 Å². The molecule has 0 fully saturated rings. The van der Waals surface area contributed by atoms with Gasteiger partial charge in [-0.15, -0.1) is 0 Å². The molecule has 0 spiro atoms. The van der Waals surface area contributed by atoms with Gasteiger partial charge in [-0.1, -0.05) is 71.7 Å². The topological polar surface area (TPSA) is 58.6 Å². The minimum absolute atomic E-state index is 0.135. The van der Waals surface area contributed by atoms with Gasteiger partial charge in [0.15, 0.2) is 6.61 Å². The first kappa shape index (κ1) is 25.6. The number of benzene rings is 3. The summed E-state index contributed by atoms with van der Waals surface area (Å²) in [5.74, 6) is 0.0443. The van der Waals surface area contributed by atoms with Gasteiger partial charge in [0.25, 0.3) is 5.91 Å². The highest BCUT2D eigenvalue weighted by Gasteiger charge is 2.30. The van der Waals surface area contributed by atoms with Gasteiger partial charge in [-0.05, 0) is 54.3 Å². The van der Waals surface area contributed by atoms with E-state index in [-0.39, 0.29) is 25.0 Å². The van der Waals surface area contributed by atoms with E-state index >= 15 is 0 Å². The molecule has 3 rings (SSSR count). The number of ether oxygens (including phenoxy) is 1. The lowest BCUT2D eigenvalue weighted by molar-refractivity contribution is -0.142. The zero-order valence-corrected chi connectivity index (χ0v) is 21.0. The highest BCUT2D eigenvalue weighted by molar-refractivity contribution is 6.35. The number of rotatable bonds is 9. The number of amides is 2. The Morgan fingerprint density at radius 1 is 1.00 bits per heavy atom. The van der Waals surface area contributed by atoms with Crippen molar-refractivity contribution in [2.45, 2.75) is 32.9 Å². The van der Waals surface area contributed by atoms with Gasteiger partial charge in [0.05, 0.1) is 0 Å². The van der Waals surface area contributed by atoms with E-state index in [4.69, 9.17) is 27.9 Å². The summed E-state index contributed by atoms with van der Waals surface area (Å²) >= 11 is 12.5. The quantitative estimate of drug-likeness (QED) is 0.431. The van der Waals surface area contributed by atoms with Crippen molar-refractivity contribution in [1.82, 2.24) is 10.2 Å². The third-order valence-corrected chi connectivity index (χ3v) is 6.37. The summed E-state index contributed by atoms with van der Waals surface area (Å²) in [5, 5.41) is 3.62. The number of halogens is 2. The van der Waals surface area contributed by atoms with Crippen molar-refractivity contribution >= 4 is 35.0 Å². The van der Waals surface area contributed by atoms with E-state index in [1.165, 1.54) is 4.90 Å². The minimum Gasteiger partial charge on any atom is -0.483 e. The number of carbonyl (C=O) groups excluding carboxylic acids is 2. The molecule has 0 unspecified atom stereocenters. The molecule has 1 N–H and O–H groups in total. The van der Waals surface area contributed by atoms with Crippen LogP contribution in [0.4, 0.5) is 0 Å². The Hall–Kier alpha value is -3.02. The molecule has 0 saturated carbocycles. The predicted molar refractivity (Wildman–Crippen MR) is 136 cm³/mol. The molecule has 7 heteroatoms. The van der Waals surface area contributed by atoms with Crippen LogP contribution >= 0.6 is 23.2 Å². The van der Waals surface area contributed by atoms with Crippen LogP contribution in [0.5, 0.6) is 5.75 Å². The standard InChI is InChI=1S/C27H28Cl2N2O3/c1-18-8-7-11-25(19(18)2)34-17-26(32)31(16-21-12-13-22(28)15-23(21)29)24(27(33)30-3)14-20-9-5-4-6-10-20/h4-13,15,24H,14,16-17H2,1-3H3,(H,30,33)/t24-/m0/s1. The zero-order valence-electron chi connectivity index (χ0n) is 19.5. The molecule has 0 bridgehead atoms. The fourth-order valence-corrected chi connectivity index (χ4v) is 4.13. The molecule has 2 amide bonds. The molecule has 0 aromatic heterocycles. The Morgan fingerprint density at radius 2 is 1.74 bits per heavy atom. The largest absolute Gasteiger partial charge is 0.483 e. The number of hydrogen-bond donors (Lipinski definition) is 1. The van der Waals surface area contributed by atoms with E-state index in [2.05, 4.69) is 5.32 Å².